The van der Waals surface area contributed by atoms with E-state index in [2.05, 4.69) is 9.82 Å². The molecular weight excluding hydrogens is 322 g/mol. The van der Waals surface area contributed by atoms with Crippen LogP contribution in [-0.4, -0.2) is 30.8 Å². The van der Waals surface area contributed by atoms with Gasteiger partial charge in [0.2, 0.25) is 10.0 Å². The second-order valence-corrected chi connectivity index (χ2v) is 8.68. The minimum atomic E-state index is -3.53. The van der Waals surface area contributed by atoms with E-state index in [0.29, 0.717) is 17.9 Å². The van der Waals surface area contributed by atoms with Crippen LogP contribution in [0, 0.1) is 13.8 Å². The van der Waals surface area contributed by atoms with Crippen molar-refractivity contribution < 1.29 is 13.2 Å². The molecule has 0 bridgehead atoms. The summed E-state index contributed by atoms with van der Waals surface area (Å²) < 4.78 is 35.4. The van der Waals surface area contributed by atoms with Crippen molar-refractivity contribution in [2.75, 3.05) is 6.61 Å². The predicted molar refractivity (Wildman–Crippen MR) is 84.4 cm³/mol. The number of hydrogen-bond acceptors (Lipinski definition) is 5. The Bertz CT molecular complexity index is 779. The molecule has 0 saturated carbocycles. The maximum atomic E-state index is 12.6. The lowest BCUT2D eigenvalue weighted by Crippen LogP contribution is -2.36. The molecular formula is C14H19N3O3S2. The zero-order chi connectivity index (χ0) is 15.9. The Morgan fingerprint density at radius 2 is 2.23 bits per heavy atom. The topological polar surface area (TPSA) is 73.2 Å². The largest absolute Gasteiger partial charge is 0.372 e. The zero-order valence-corrected chi connectivity index (χ0v) is 14.4. The van der Waals surface area contributed by atoms with Gasteiger partial charge in [-0.05, 0) is 26.3 Å². The lowest BCUT2D eigenvalue weighted by Gasteiger charge is -2.18. The van der Waals surface area contributed by atoms with Gasteiger partial charge in [-0.15, -0.1) is 11.3 Å². The van der Waals surface area contributed by atoms with E-state index in [4.69, 9.17) is 4.74 Å². The van der Waals surface area contributed by atoms with Gasteiger partial charge >= 0.3 is 0 Å². The summed E-state index contributed by atoms with van der Waals surface area (Å²) in [7, 11) is -1.71. The molecule has 0 aliphatic carbocycles. The van der Waals surface area contributed by atoms with E-state index in [9.17, 15) is 8.42 Å². The fraction of sp³-hybridized carbons (Fsp3) is 0.500. The van der Waals surface area contributed by atoms with Crippen LogP contribution in [0.25, 0.3) is 0 Å². The Kier molecular flexibility index (Phi) is 4.11. The van der Waals surface area contributed by atoms with Gasteiger partial charge in [-0.1, -0.05) is 0 Å². The minimum absolute atomic E-state index is 0.270. The molecule has 3 rings (SSSR count). The molecule has 1 saturated heterocycles. The summed E-state index contributed by atoms with van der Waals surface area (Å²) in [6.45, 7) is 4.28. The van der Waals surface area contributed by atoms with Gasteiger partial charge in [-0.3, -0.25) is 4.68 Å². The molecule has 3 heterocycles. The monoisotopic (exact) mass is 341 g/mol. The van der Waals surface area contributed by atoms with Crippen molar-refractivity contribution in [3.05, 3.63) is 33.8 Å². The van der Waals surface area contributed by atoms with E-state index in [1.54, 1.807) is 16.9 Å². The normalized spacial score (nSPS) is 22.3. The number of sulfonamides is 1. The van der Waals surface area contributed by atoms with Crippen LogP contribution in [0.5, 0.6) is 0 Å². The van der Waals surface area contributed by atoms with E-state index in [1.807, 2.05) is 27.1 Å². The second kappa shape index (κ2) is 5.77. The number of thiophene rings is 1. The van der Waals surface area contributed by atoms with E-state index < -0.39 is 10.0 Å². The number of nitrogens with zero attached hydrogens (tertiary/aromatic N) is 2. The molecule has 0 unspecified atom stereocenters. The minimum Gasteiger partial charge on any atom is -0.372 e. The van der Waals surface area contributed by atoms with E-state index in [1.165, 1.54) is 11.3 Å². The Hall–Kier alpha value is -1.22. The first-order valence-corrected chi connectivity index (χ1v) is 9.36. The van der Waals surface area contributed by atoms with Crippen molar-refractivity contribution in [3.63, 3.8) is 0 Å². The van der Waals surface area contributed by atoms with Crippen LogP contribution in [0.3, 0.4) is 0 Å². The molecule has 1 aliphatic rings. The molecule has 6 nitrogen and oxygen atoms in total. The molecule has 0 aromatic carbocycles. The number of aromatic nitrogens is 2. The predicted octanol–water partition coefficient (Wildman–Crippen LogP) is 1.91. The van der Waals surface area contributed by atoms with Crippen LogP contribution in [0.4, 0.5) is 0 Å². The average molecular weight is 341 g/mol. The lowest BCUT2D eigenvalue weighted by atomic mass is 10.1. The third-order valence-corrected chi connectivity index (χ3v) is 6.45. The maximum absolute atomic E-state index is 12.6. The summed E-state index contributed by atoms with van der Waals surface area (Å²) in [5.74, 6) is 0. The van der Waals surface area contributed by atoms with Gasteiger partial charge in [0, 0.05) is 35.2 Å². The van der Waals surface area contributed by atoms with Crippen LogP contribution in [-0.2, 0) is 21.8 Å². The van der Waals surface area contributed by atoms with E-state index in [-0.39, 0.29) is 12.1 Å². The number of aryl methyl sites for hydroxylation is 3. The molecule has 0 amide bonds. The van der Waals surface area contributed by atoms with Crippen molar-refractivity contribution in [1.29, 1.82) is 0 Å². The van der Waals surface area contributed by atoms with Crippen LogP contribution in [0.1, 0.15) is 27.8 Å². The van der Waals surface area contributed by atoms with Crippen molar-refractivity contribution >= 4 is 21.4 Å². The Labute approximate surface area is 134 Å². The van der Waals surface area contributed by atoms with Gasteiger partial charge in [0.25, 0.3) is 0 Å². The highest BCUT2D eigenvalue weighted by Crippen LogP contribution is 2.31. The molecule has 0 spiro atoms. The molecule has 2 aromatic heterocycles. The number of nitrogens with one attached hydrogen (secondary N) is 1. The first kappa shape index (κ1) is 15.7. The Morgan fingerprint density at radius 1 is 1.45 bits per heavy atom. The van der Waals surface area contributed by atoms with Gasteiger partial charge in [0.05, 0.1) is 17.1 Å². The third-order valence-electron chi connectivity index (χ3n) is 3.74. The molecule has 22 heavy (non-hydrogen) atoms. The van der Waals surface area contributed by atoms with Gasteiger partial charge in [0.15, 0.2) is 0 Å². The number of rotatable bonds is 4. The summed E-state index contributed by atoms with van der Waals surface area (Å²) in [4.78, 5) is 2.16. The van der Waals surface area contributed by atoms with Crippen LogP contribution < -0.4 is 4.72 Å². The third kappa shape index (κ3) is 2.96. The van der Waals surface area contributed by atoms with Crippen molar-refractivity contribution in [2.24, 2.45) is 7.05 Å². The standard InChI is InChI=1S/C14H19N3O3S2/c1-9-6-13(10(2)21-9)22(18,19)16-12-4-5-20-14(12)11-7-15-17(3)8-11/h6-8,12,14,16H,4-5H2,1-3H3/t12-,14+/m0/s1. The Balaban J connectivity index is 1.83. The van der Waals surface area contributed by atoms with Gasteiger partial charge in [0.1, 0.15) is 6.10 Å². The summed E-state index contributed by atoms with van der Waals surface area (Å²) in [5, 5.41) is 4.13. The molecule has 8 heteroatoms. The molecule has 1 aliphatic heterocycles. The van der Waals surface area contributed by atoms with E-state index in [0.717, 1.165) is 15.3 Å². The molecule has 2 aromatic rings. The summed E-state index contributed by atoms with van der Waals surface area (Å²) in [5.41, 5.74) is 0.894. The number of hydrogen-bond donors (Lipinski definition) is 1. The van der Waals surface area contributed by atoms with Crippen molar-refractivity contribution in [3.8, 4) is 0 Å². The first-order valence-electron chi connectivity index (χ1n) is 7.06. The molecule has 1 fully saturated rings. The van der Waals surface area contributed by atoms with Crippen LogP contribution >= 0.6 is 11.3 Å². The molecule has 1 N–H and O–H groups in total. The highest BCUT2D eigenvalue weighted by atomic mass is 32.2. The van der Waals surface area contributed by atoms with Crippen LogP contribution in [0.15, 0.2) is 23.4 Å². The first-order chi connectivity index (χ1) is 10.4. The second-order valence-electron chi connectivity index (χ2n) is 5.53. The van der Waals surface area contributed by atoms with Gasteiger partial charge in [-0.25, -0.2) is 13.1 Å². The quantitative estimate of drug-likeness (QED) is 0.922. The molecule has 120 valence electrons. The average Bonchev–Trinajstić information content (AvgIpc) is 3.10. The van der Waals surface area contributed by atoms with Gasteiger partial charge < -0.3 is 4.74 Å². The van der Waals surface area contributed by atoms with Gasteiger partial charge in [-0.2, -0.15) is 5.10 Å². The Morgan fingerprint density at radius 3 is 2.82 bits per heavy atom. The van der Waals surface area contributed by atoms with Crippen molar-refractivity contribution in [2.45, 2.75) is 37.3 Å². The maximum Gasteiger partial charge on any atom is 0.242 e. The number of ether oxygens (including phenoxy) is 1. The SMILES string of the molecule is Cc1cc(S(=O)(=O)N[C@H]2CCO[C@@H]2c2cnn(C)c2)c(C)s1. The summed E-state index contributed by atoms with van der Waals surface area (Å²) in [6.07, 6.45) is 3.94. The fourth-order valence-corrected chi connectivity index (χ4v) is 5.59. The molecule has 2 atom stereocenters. The summed E-state index contributed by atoms with van der Waals surface area (Å²) in [6, 6.07) is 1.45. The lowest BCUT2D eigenvalue weighted by molar-refractivity contribution is 0.102. The summed E-state index contributed by atoms with van der Waals surface area (Å²) >= 11 is 1.49. The molecule has 0 radical (unpaired) electrons. The van der Waals surface area contributed by atoms with E-state index >= 15 is 0 Å². The van der Waals surface area contributed by atoms with Crippen molar-refractivity contribution in [1.82, 2.24) is 14.5 Å². The zero-order valence-electron chi connectivity index (χ0n) is 12.7. The smallest absolute Gasteiger partial charge is 0.242 e. The fourth-order valence-electron chi connectivity index (χ4n) is 2.76. The highest BCUT2D eigenvalue weighted by molar-refractivity contribution is 7.89. The van der Waals surface area contributed by atoms with Crippen LogP contribution in [0.2, 0.25) is 0 Å². The highest BCUT2D eigenvalue weighted by Gasteiger charge is 2.34.